The quantitative estimate of drug-likeness (QED) is 0.600. The van der Waals surface area contributed by atoms with E-state index in [1.165, 1.54) is 16.7 Å². The maximum Gasteiger partial charge on any atom is 0.262 e. The summed E-state index contributed by atoms with van der Waals surface area (Å²) in [5, 5.41) is 22.3. The molecule has 7 heteroatoms. The smallest absolute Gasteiger partial charge is 0.262 e. The van der Waals surface area contributed by atoms with E-state index in [1.54, 1.807) is 44.2 Å². The van der Waals surface area contributed by atoms with Crippen molar-refractivity contribution in [3.63, 3.8) is 0 Å². The average Bonchev–Trinajstić information content (AvgIpc) is 2.91. The van der Waals surface area contributed by atoms with Crippen molar-refractivity contribution in [2.24, 2.45) is 0 Å². The molecule has 1 amide bonds. The summed E-state index contributed by atoms with van der Waals surface area (Å²) >= 11 is 6.02. The average molecular weight is 387 g/mol. The fourth-order valence-corrected chi connectivity index (χ4v) is 3.54. The number of phenols is 1. The van der Waals surface area contributed by atoms with E-state index >= 15 is 0 Å². The van der Waals surface area contributed by atoms with Gasteiger partial charge in [0.15, 0.2) is 0 Å². The van der Waals surface area contributed by atoms with E-state index in [0.29, 0.717) is 32.7 Å². The lowest BCUT2D eigenvalue weighted by molar-refractivity contribution is -0.123. The molecule has 1 atom stereocenters. The van der Waals surface area contributed by atoms with Gasteiger partial charge in [0.1, 0.15) is 12.5 Å². The molecule has 0 saturated carbocycles. The van der Waals surface area contributed by atoms with E-state index in [0.717, 1.165) is 0 Å². The SMILES string of the molecule is Cc1c(C(C)C(=O)NCO)c2cc(O)ccc2n1C(=O)c1cccc(Cl)c1. The Balaban J connectivity index is 2.24. The number of carbonyl (C=O) groups is 2. The van der Waals surface area contributed by atoms with Crippen molar-refractivity contribution in [1.29, 1.82) is 0 Å². The molecule has 0 spiro atoms. The van der Waals surface area contributed by atoms with Gasteiger partial charge in [0.05, 0.1) is 11.4 Å². The van der Waals surface area contributed by atoms with Crippen LogP contribution < -0.4 is 5.32 Å². The highest BCUT2D eigenvalue weighted by molar-refractivity contribution is 6.31. The maximum absolute atomic E-state index is 13.2. The zero-order valence-corrected chi connectivity index (χ0v) is 15.6. The molecule has 0 aliphatic carbocycles. The van der Waals surface area contributed by atoms with Crippen LogP contribution in [0, 0.1) is 6.92 Å². The molecule has 0 fully saturated rings. The minimum absolute atomic E-state index is 0.0332. The number of carbonyl (C=O) groups excluding carboxylic acids is 2. The summed E-state index contributed by atoms with van der Waals surface area (Å²) in [4.78, 5) is 25.4. The zero-order chi connectivity index (χ0) is 19.7. The first-order valence-corrected chi connectivity index (χ1v) is 8.75. The van der Waals surface area contributed by atoms with Gasteiger partial charge in [-0.2, -0.15) is 0 Å². The molecule has 6 nitrogen and oxygen atoms in total. The van der Waals surface area contributed by atoms with Gasteiger partial charge in [-0.1, -0.05) is 17.7 Å². The molecule has 0 saturated heterocycles. The fraction of sp³-hybridized carbons (Fsp3) is 0.200. The highest BCUT2D eigenvalue weighted by Gasteiger charge is 2.26. The van der Waals surface area contributed by atoms with Crippen LogP contribution in [0.25, 0.3) is 10.9 Å². The van der Waals surface area contributed by atoms with Crippen LogP contribution in [0.1, 0.15) is 34.5 Å². The van der Waals surface area contributed by atoms with Crippen molar-refractivity contribution < 1.29 is 19.8 Å². The Morgan fingerprint density at radius 3 is 2.63 bits per heavy atom. The number of aliphatic hydroxyl groups excluding tert-OH is 1. The number of hydrogen-bond acceptors (Lipinski definition) is 4. The summed E-state index contributed by atoms with van der Waals surface area (Å²) in [6.45, 7) is 2.95. The number of amides is 1. The van der Waals surface area contributed by atoms with Crippen molar-refractivity contribution in [3.05, 3.63) is 64.3 Å². The molecule has 3 aromatic rings. The number of nitrogens with one attached hydrogen (secondary N) is 1. The molecule has 27 heavy (non-hydrogen) atoms. The Morgan fingerprint density at radius 1 is 1.22 bits per heavy atom. The van der Waals surface area contributed by atoms with Crippen molar-refractivity contribution in [2.75, 3.05) is 6.73 Å². The first-order valence-electron chi connectivity index (χ1n) is 8.38. The van der Waals surface area contributed by atoms with Crippen molar-refractivity contribution >= 4 is 34.3 Å². The van der Waals surface area contributed by atoms with Crippen molar-refractivity contribution in [3.8, 4) is 5.75 Å². The van der Waals surface area contributed by atoms with E-state index in [1.807, 2.05) is 0 Å². The zero-order valence-electron chi connectivity index (χ0n) is 14.9. The van der Waals surface area contributed by atoms with Crippen LogP contribution >= 0.6 is 11.6 Å². The van der Waals surface area contributed by atoms with Crippen LogP contribution in [0.4, 0.5) is 0 Å². The van der Waals surface area contributed by atoms with Crippen LogP contribution in [-0.2, 0) is 4.79 Å². The molecule has 0 bridgehead atoms. The molecule has 1 aromatic heterocycles. The van der Waals surface area contributed by atoms with Crippen molar-refractivity contribution in [2.45, 2.75) is 19.8 Å². The van der Waals surface area contributed by atoms with Gasteiger partial charge in [0.2, 0.25) is 5.91 Å². The lowest BCUT2D eigenvalue weighted by Crippen LogP contribution is -2.29. The lowest BCUT2D eigenvalue weighted by Gasteiger charge is -2.12. The number of phenolic OH excluding ortho intramolecular Hbond substituents is 1. The van der Waals surface area contributed by atoms with Gasteiger partial charge in [-0.25, -0.2) is 0 Å². The minimum Gasteiger partial charge on any atom is -0.508 e. The molecule has 0 aliphatic heterocycles. The fourth-order valence-electron chi connectivity index (χ4n) is 3.35. The number of fused-ring (bicyclic) bond motifs is 1. The molecule has 140 valence electrons. The van der Waals surface area contributed by atoms with E-state index < -0.39 is 12.6 Å². The maximum atomic E-state index is 13.2. The summed E-state index contributed by atoms with van der Waals surface area (Å²) in [6, 6.07) is 11.3. The van der Waals surface area contributed by atoms with Gasteiger partial charge in [-0.3, -0.25) is 14.2 Å². The predicted molar refractivity (Wildman–Crippen MR) is 103 cm³/mol. The summed E-state index contributed by atoms with van der Waals surface area (Å²) in [7, 11) is 0. The summed E-state index contributed by atoms with van der Waals surface area (Å²) in [5.41, 5.74) is 2.19. The second-order valence-electron chi connectivity index (χ2n) is 6.27. The number of hydrogen-bond donors (Lipinski definition) is 3. The van der Waals surface area contributed by atoms with Gasteiger partial charge in [-0.05, 0) is 55.8 Å². The summed E-state index contributed by atoms with van der Waals surface area (Å²) in [5.74, 6) is -1.26. The molecule has 1 unspecified atom stereocenters. The normalized spacial score (nSPS) is 12.1. The Morgan fingerprint density at radius 2 is 1.96 bits per heavy atom. The number of nitrogens with zero attached hydrogens (tertiary/aromatic N) is 1. The second-order valence-corrected chi connectivity index (χ2v) is 6.71. The third-order valence-electron chi connectivity index (χ3n) is 4.59. The van der Waals surface area contributed by atoms with E-state index in [9.17, 15) is 14.7 Å². The Kier molecular flexibility index (Phi) is 5.21. The standard InChI is InChI=1S/C20H19ClN2O4/c1-11(19(26)22-10-24)18-12(2)23(17-7-6-15(25)9-16(17)18)20(27)13-4-3-5-14(21)8-13/h3-9,11,24-25H,10H2,1-2H3,(H,22,26). The van der Waals surface area contributed by atoms with Gasteiger partial charge in [0.25, 0.3) is 5.91 Å². The Labute approximate surface area is 161 Å². The van der Waals surface area contributed by atoms with Crippen LogP contribution in [-0.4, -0.2) is 33.3 Å². The van der Waals surface area contributed by atoms with E-state index in [2.05, 4.69) is 5.32 Å². The largest absolute Gasteiger partial charge is 0.508 e. The van der Waals surface area contributed by atoms with E-state index in [4.69, 9.17) is 16.7 Å². The molecule has 0 aliphatic rings. The number of halogens is 1. The summed E-state index contributed by atoms with van der Waals surface area (Å²) < 4.78 is 1.51. The van der Waals surface area contributed by atoms with Gasteiger partial charge in [-0.15, -0.1) is 0 Å². The summed E-state index contributed by atoms with van der Waals surface area (Å²) in [6.07, 6.45) is 0. The number of aliphatic hydroxyl groups is 1. The number of aromatic hydroxyl groups is 1. The number of rotatable bonds is 4. The molecular weight excluding hydrogens is 368 g/mol. The first-order chi connectivity index (χ1) is 12.8. The van der Waals surface area contributed by atoms with Gasteiger partial charge >= 0.3 is 0 Å². The topological polar surface area (TPSA) is 91.6 Å². The van der Waals surface area contributed by atoms with Crippen LogP contribution in [0.5, 0.6) is 5.75 Å². The molecule has 1 heterocycles. The van der Waals surface area contributed by atoms with Crippen LogP contribution in [0.15, 0.2) is 42.5 Å². The molecule has 3 N–H and O–H groups in total. The third kappa shape index (κ3) is 3.41. The molecular formula is C20H19ClN2O4. The highest BCUT2D eigenvalue weighted by atomic mass is 35.5. The number of benzene rings is 2. The minimum atomic E-state index is -0.630. The van der Waals surface area contributed by atoms with Crippen LogP contribution in [0.3, 0.4) is 0 Å². The van der Waals surface area contributed by atoms with Gasteiger partial charge < -0.3 is 15.5 Å². The first kappa shape index (κ1) is 18.9. The molecule has 2 aromatic carbocycles. The van der Waals surface area contributed by atoms with Crippen LogP contribution in [0.2, 0.25) is 5.02 Å². The second kappa shape index (κ2) is 7.42. The Bertz CT molecular complexity index is 1040. The van der Waals surface area contributed by atoms with Gasteiger partial charge in [0, 0.05) is 21.7 Å². The monoisotopic (exact) mass is 386 g/mol. The predicted octanol–water partition coefficient (Wildman–Crippen LogP) is 3.17. The molecule has 3 rings (SSSR count). The van der Waals surface area contributed by atoms with E-state index in [-0.39, 0.29) is 17.6 Å². The lowest BCUT2D eigenvalue weighted by atomic mass is 9.97. The Hall–Kier alpha value is -2.83. The molecule has 0 radical (unpaired) electrons. The highest BCUT2D eigenvalue weighted by Crippen LogP contribution is 2.34. The van der Waals surface area contributed by atoms with Crippen molar-refractivity contribution in [1.82, 2.24) is 9.88 Å². The third-order valence-corrected chi connectivity index (χ3v) is 4.83. The number of aromatic nitrogens is 1.